The lowest BCUT2D eigenvalue weighted by atomic mass is 9.95. The van der Waals surface area contributed by atoms with E-state index in [4.69, 9.17) is 0 Å². The van der Waals surface area contributed by atoms with Gasteiger partial charge in [-0.05, 0) is 107 Å². The highest BCUT2D eigenvalue weighted by Gasteiger charge is 2.35. The van der Waals surface area contributed by atoms with E-state index in [1.165, 1.54) is 54.6 Å². The van der Waals surface area contributed by atoms with Crippen LogP contribution in [0.1, 0.15) is 117 Å². The number of amides is 3. The van der Waals surface area contributed by atoms with Gasteiger partial charge in [0.15, 0.2) is 17.5 Å². The number of hydrogen-bond acceptors (Lipinski definition) is 18. The molecule has 3 fully saturated rings. The van der Waals surface area contributed by atoms with E-state index in [0.717, 1.165) is 58.2 Å². The summed E-state index contributed by atoms with van der Waals surface area (Å²) < 4.78 is 48.7. The Balaban J connectivity index is 0.000000129. The highest BCUT2D eigenvalue weighted by atomic mass is 19.1. The number of aliphatic hydroxyl groups is 3. The van der Waals surface area contributed by atoms with E-state index >= 15 is 0 Å². The number of anilines is 3. The van der Waals surface area contributed by atoms with E-state index in [0.29, 0.717) is 87.9 Å². The zero-order valence-corrected chi connectivity index (χ0v) is 51.5. The molecular formula is C68H61F3N18O6. The second kappa shape index (κ2) is 25.3. The van der Waals surface area contributed by atoms with Crippen molar-refractivity contribution in [2.24, 2.45) is 0 Å². The second-order valence-corrected chi connectivity index (χ2v) is 24.6. The topological polar surface area (TPSA) is 321 Å². The molecule has 6 aliphatic rings. The summed E-state index contributed by atoms with van der Waals surface area (Å²) in [6.45, 7) is 8.03. The number of pyridine rings is 3. The fourth-order valence-corrected chi connectivity index (χ4v) is 13.0. The number of β-amino-alcohol motifs (C(OH)–C–C–N with tert-alkyl or cyclic N) is 3. The van der Waals surface area contributed by atoms with Crippen LogP contribution in [-0.4, -0.2) is 134 Å². The van der Waals surface area contributed by atoms with E-state index in [1.807, 2.05) is 65.0 Å². The van der Waals surface area contributed by atoms with Crippen molar-refractivity contribution in [2.75, 3.05) is 54.0 Å². The minimum Gasteiger partial charge on any atom is -0.391 e. The van der Waals surface area contributed by atoms with Crippen molar-refractivity contribution >= 4 is 35.2 Å². The Labute approximate surface area is 541 Å². The van der Waals surface area contributed by atoms with Gasteiger partial charge >= 0.3 is 0 Å². The Morgan fingerprint density at radius 1 is 0.495 bits per heavy atom. The summed E-state index contributed by atoms with van der Waals surface area (Å²) >= 11 is 0. The van der Waals surface area contributed by atoms with E-state index in [9.17, 15) is 58.7 Å². The summed E-state index contributed by atoms with van der Waals surface area (Å²) in [7, 11) is 0. The Hall–Kier alpha value is -11.3. The van der Waals surface area contributed by atoms with Gasteiger partial charge in [-0.1, -0.05) is 18.2 Å². The largest absolute Gasteiger partial charge is 0.391 e. The van der Waals surface area contributed by atoms with E-state index in [1.54, 1.807) is 50.8 Å². The number of benzene rings is 3. The maximum atomic E-state index is 14.7. The van der Waals surface area contributed by atoms with E-state index < -0.39 is 34.8 Å². The SMILES string of the molecule is C[C@@]1(O)CCCN(c2ccn(-c3cc(-c4c(F)cccc4C#N)nc4c3C(=O)NC4)n2)C1.C[C@]1(O)CCCN(c2ccn(-c3cc(-c4c(F)cccc4C#N)nc4c3C(=O)NC4)n2)C1.N#Cc1cccc(F)c1-c1cc(-n2ccc(N3CCC[C@H](O)C3)n2)c2c(n1)CNC2=O. The summed E-state index contributed by atoms with van der Waals surface area (Å²) in [5.74, 6) is -0.456. The number of nitrogens with zero attached hydrogens (tertiary/aromatic N) is 15. The van der Waals surface area contributed by atoms with Crippen molar-refractivity contribution in [1.82, 2.24) is 60.2 Å². The smallest absolute Gasteiger partial charge is 0.255 e. The highest BCUT2D eigenvalue weighted by Crippen LogP contribution is 2.37. The van der Waals surface area contributed by atoms with Crippen LogP contribution in [0.4, 0.5) is 30.6 Å². The van der Waals surface area contributed by atoms with Crippen LogP contribution in [0.2, 0.25) is 0 Å². The Bertz CT molecular complexity index is 4510. The van der Waals surface area contributed by atoms with Gasteiger partial charge in [-0.2, -0.15) is 31.1 Å². The third kappa shape index (κ3) is 12.4. The van der Waals surface area contributed by atoms with Gasteiger partial charge in [-0.25, -0.2) is 42.2 Å². The number of hydrogen-bond donors (Lipinski definition) is 6. The predicted octanol–water partition coefficient (Wildman–Crippen LogP) is 7.23. The highest BCUT2D eigenvalue weighted by molar-refractivity contribution is 6.03. The average Bonchev–Trinajstić information content (AvgIpc) is 1.70. The third-order valence-electron chi connectivity index (χ3n) is 17.5. The normalized spacial score (nSPS) is 19.4. The molecule has 480 valence electrons. The van der Waals surface area contributed by atoms with Crippen LogP contribution in [0.15, 0.2) is 110 Å². The molecule has 9 aromatic rings. The minimum absolute atomic E-state index is 0.0952. The van der Waals surface area contributed by atoms with Crippen LogP contribution in [0.25, 0.3) is 50.8 Å². The molecular weight excluding hydrogens is 1220 g/mol. The number of carbonyl (C=O) groups is 3. The van der Waals surface area contributed by atoms with Crippen LogP contribution in [0, 0.1) is 51.4 Å². The number of rotatable bonds is 9. The number of carbonyl (C=O) groups excluding carboxylic acids is 3. The summed E-state index contributed by atoms with van der Waals surface area (Å²) in [6, 6.07) is 29.1. The molecule has 3 atom stereocenters. The molecule has 12 heterocycles. The molecule has 95 heavy (non-hydrogen) atoms. The number of nitriles is 3. The monoisotopic (exact) mass is 1280 g/mol. The fraction of sp³-hybridized carbons (Fsp3) is 0.294. The van der Waals surface area contributed by atoms with Gasteiger partial charge in [-0.3, -0.25) is 14.4 Å². The van der Waals surface area contributed by atoms with Gasteiger partial charge < -0.3 is 46.0 Å². The molecule has 15 rings (SSSR count). The summed E-state index contributed by atoms with van der Waals surface area (Å²) in [5, 5.41) is 81.4. The van der Waals surface area contributed by atoms with Crippen LogP contribution < -0.4 is 30.7 Å². The van der Waals surface area contributed by atoms with Crippen molar-refractivity contribution in [1.29, 1.82) is 15.8 Å². The molecule has 27 heteroatoms. The molecule has 6 aromatic heterocycles. The second-order valence-electron chi connectivity index (χ2n) is 24.6. The summed E-state index contributed by atoms with van der Waals surface area (Å²) in [5.41, 5.74) is 3.97. The molecule has 6 N–H and O–H groups in total. The molecule has 0 saturated carbocycles. The number of piperidine rings is 3. The first-order chi connectivity index (χ1) is 45.8. The molecule has 24 nitrogen and oxygen atoms in total. The quantitative estimate of drug-likeness (QED) is 0.0830. The zero-order valence-electron chi connectivity index (χ0n) is 51.5. The van der Waals surface area contributed by atoms with E-state index in [2.05, 4.69) is 46.2 Å². The van der Waals surface area contributed by atoms with Crippen LogP contribution in [-0.2, 0) is 19.6 Å². The fourth-order valence-electron chi connectivity index (χ4n) is 13.0. The van der Waals surface area contributed by atoms with Gasteiger partial charge in [0, 0.05) is 76.1 Å². The van der Waals surface area contributed by atoms with Crippen molar-refractivity contribution in [3.63, 3.8) is 0 Å². The predicted molar refractivity (Wildman–Crippen MR) is 340 cm³/mol. The first-order valence-electron chi connectivity index (χ1n) is 30.9. The van der Waals surface area contributed by atoms with Gasteiger partial charge in [0.1, 0.15) is 17.5 Å². The molecule has 0 bridgehead atoms. The summed E-state index contributed by atoms with van der Waals surface area (Å²) in [6.07, 6.45) is 9.60. The molecule has 3 aromatic carbocycles. The molecule has 0 spiro atoms. The number of halogens is 3. The van der Waals surface area contributed by atoms with E-state index in [-0.39, 0.29) is 87.8 Å². The van der Waals surface area contributed by atoms with Crippen molar-refractivity contribution in [3.8, 4) is 69.0 Å². The van der Waals surface area contributed by atoms with Gasteiger partial charge in [0.05, 0.1) is 156 Å². The van der Waals surface area contributed by atoms with Crippen molar-refractivity contribution in [3.05, 3.63) is 178 Å². The molecule has 0 unspecified atom stereocenters. The van der Waals surface area contributed by atoms with Gasteiger partial charge in [0.2, 0.25) is 0 Å². The van der Waals surface area contributed by atoms with Crippen molar-refractivity contribution in [2.45, 2.75) is 89.3 Å². The lowest BCUT2D eigenvalue weighted by Crippen LogP contribution is -2.46. The van der Waals surface area contributed by atoms with Crippen LogP contribution in [0.3, 0.4) is 0 Å². The maximum Gasteiger partial charge on any atom is 0.255 e. The Kier molecular flexibility index (Phi) is 16.6. The number of nitrogens with one attached hydrogen (secondary N) is 3. The first kappa shape index (κ1) is 62.5. The third-order valence-corrected chi connectivity index (χ3v) is 17.5. The standard InChI is InChI=1S/2C23H21FN6O2.C22H19FN6O2/c2*1-23(32)7-3-8-29(13-23)19-6-9-30(28-19)18-10-16(27-17-12-26-22(31)21(17)18)20-14(11-25)4-2-5-15(20)24;23-15-5-1-3-13(10-24)20(15)16-9-18(21-17(26-16)11-25-22(21)31)29-8-6-19(27-29)28-7-2-4-14(30)12-28/h2*2,4-6,9-10,32H,3,7-8,12-13H2,1H3,(H,26,31);1,3,5-6,8-9,14,30H,2,4,7,11-12H2,(H,25,31)/t2*23-;14-/m100/s1. The molecule has 3 amide bonds. The Morgan fingerprint density at radius 2 is 0.832 bits per heavy atom. The molecule has 3 saturated heterocycles. The van der Waals surface area contributed by atoms with Crippen molar-refractivity contribution < 1.29 is 42.9 Å². The molecule has 0 radical (unpaired) electrons. The Morgan fingerprint density at radius 3 is 1.16 bits per heavy atom. The number of fused-ring (bicyclic) bond motifs is 3. The van der Waals surface area contributed by atoms with Crippen LogP contribution >= 0.6 is 0 Å². The molecule has 6 aliphatic heterocycles. The van der Waals surface area contributed by atoms with Gasteiger partial charge in [-0.15, -0.1) is 0 Å². The maximum absolute atomic E-state index is 14.7. The first-order valence-corrected chi connectivity index (χ1v) is 30.9. The van der Waals surface area contributed by atoms with Crippen LogP contribution in [0.5, 0.6) is 0 Å². The minimum atomic E-state index is -0.786. The molecule has 0 aliphatic carbocycles. The summed E-state index contributed by atoms with van der Waals surface area (Å²) in [4.78, 5) is 57.0. The number of aliphatic hydroxyl groups excluding tert-OH is 1. The lowest BCUT2D eigenvalue weighted by molar-refractivity contribution is 0.0441. The number of aromatic nitrogens is 9. The zero-order chi connectivity index (χ0) is 66.4. The lowest BCUT2D eigenvalue weighted by Gasteiger charge is -2.36. The van der Waals surface area contributed by atoms with Gasteiger partial charge in [0.25, 0.3) is 17.7 Å². The average molecular weight is 1280 g/mol.